The molecule has 2 amide bonds. The standard InChI is InChI=1S/C16H17N5OS/c22-15(19-11-5-10-18-14-8-3-4-9-17-14)21-16-20-12-6-1-2-7-13(12)23-16/h1-4,6-9H,5,10-11H2,(H,17,18)(H2,19,20,21,22). The van der Waals surface area contributed by atoms with Crippen molar-refractivity contribution in [2.24, 2.45) is 0 Å². The normalized spacial score (nSPS) is 10.4. The molecule has 2 aromatic heterocycles. The Labute approximate surface area is 138 Å². The maximum atomic E-state index is 11.8. The molecule has 23 heavy (non-hydrogen) atoms. The van der Waals surface area contributed by atoms with Crippen LogP contribution in [0.3, 0.4) is 0 Å². The van der Waals surface area contributed by atoms with E-state index < -0.39 is 0 Å². The zero-order valence-electron chi connectivity index (χ0n) is 12.5. The number of aromatic nitrogens is 2. The van der Waals surface area contributed by atoms with Crippen molar-refractivity contribution in [3.05, 3.63) is 48.7 Å². The maximum absolute atomic E-state index is 11.8. The molecule has 3 N–H and O–H groups in total. The van der Waals surface area contributed by atoms with E-state index >= 15 is 0 Å². The largest absolute Gasteiger partial charge is 0.370 e. The molecular formula is C16H17N5OS. The molecule has 0 aliphatic rings. The van der Waals surface area contributed by atoms with Gasteiger partial charge in [0.2, 0.25) is 0 Å². The number of carbonyl (C=O) groups is 1. The van der Waals surface area contributed by atoms with E-state index in [2.05, 4.69) is 25.9 Å². The van der Waals surface area contributed by atoms with Crippen molar-refractivity contribution in [3.63, 3.8) is 0 Å². The van der Waals surface area contributed by atoms with E-state index in [9.17, 15) is 4.79 Å². The van der Waals surface area contributed by atoms with Gasteiger partial charge in [0.25, 0.3) is 0 Å². The third-order valence-corrected chi connectivity index (χ3v) is 4.08. The van der Waals surface area contributed by atoms with Crippen LogP contribution in [0, 0.1) is 0 Å². The number of thiazole rings is 1. The Kier molecular flexibility index (Phi) is 5.00. The first-order valence-electron chi connectivity index (χ1n) is 7.36. The quantitative estimate of drug-likeness (QED) is 0.607. The number of urea groups is 1. The molecule has 3 rings (SSSR count). The number of nitrogens with one attached hydrogen (secondary N) is 3. The highest BCUT2D eigenvalue weighted by molar-refractivity contribution is 7.22. The van der Waals surface area contributed by atoms with Crippen molar-refractivity contribution in [1.29, 1.82) is 0 Å². The average molecular weight is 327 g/mol. The van der Waals surface area contributed by atoms with Crippen LogP contribution in [0.4, 0.5) is 15.7 Å². The number of rotatable bonds is 6. The minimum atomic E-state index is -0.234. The lowest BCUT2D eigenvalue weighted by atomic mass is 10.3. The highest BCUT2D eigenvalue weighted by Gasteiger charge is 2.06. The van der Waals surface area contributed by atoms with Gasteiger partial charge in [-0.05, 0) is 30.7 Å². The molecule has 0 aliphatic heterocycles. The predicted octanol–water partition coefficient (Wildman–Crippen LogP) is 3.32. The van der Waals surface area contributed by atoms with Gasteiger partial charge in [0, 0.05) is 19.3 Å². The van der Waals surface area contributed by atoms with Crippen molar-refractivity contribution in [2.45, 2.75) is 6.42 Å². The molecule has 2 heterocycles. The molecule has 0 saturated heterocycles. The fraction of sp³-hybridized carbons (Fsp3) is 0.188. The molecule has 1 aromatic carbocycles. The van der Waals surface area contributed by atoms with Gasteiger partial charge in [-0.2, -0.15) is 0 Å². The third kappa shape index (κ3) is 4.40. The molecule has 0 fully saturated rings. The minimum absolute atomic E-state index is 0.234. The molecule has 3 aromatic rings. The van der Waals surface area contributed by atoms with Crippen LogP contribution in [0.5, 0.6) is 0 Å². The fourth-order valence-electron chi connectivity index (χ4n) is 2.04. The summed E-state index contributed by atoms with van der Waals surface area (Å²) in [4.78, 5) is 20.4. The molecule has 0 saturated carbocycles. The predicted molar refractivity (Wildman–Crippen MR) is 94.0 cm³/mol. The van der Waals surface area contributed by atoms with E-state index in [1.165, 1.54) is 11.3 Å². The van der Waals surface area contributed by atoms with Crippen molar-refractivity contribution >= 4 is 38.5 Å². The molecule has 0 aliphatic carbocycles. The van der Waals surface area contributed by atoms with Gasteiger partial charge in [-0.25, -0.2) is 14.8 Å². The lowest BCUT2D eigenvalue weighted by Crippen LogP contribution is -2.30. The summed E-state index contributed by atoms with van der Waals surface area (Å²) in [5, 5.41) is 9.38. The second-order valence-electron chi connectivity index (χ2n) is 4.86. The lowest BCUT2D eigenvalue weighted by Gasteiger charge is -2.07. The number of para-hydroxylation sites is 1. The van der Waals surface area contributed by atoms with Crippen molar-refractivity contribution in [3.8, 4) is 0 Å². The first-order valence-corrected chi connectivity index (χ1v) is 8.18. The Morgan fingerprint density at radius 2 is 1.96 bits per heavy atom. The van der Waals surface area contributed by atoms with Gasteiger partial charge in [-0.15, -0.1) is 0 Å². The molecule has 0 bridgehead atoms. The Bertz CT molecular complexity index is 741. The second kappa shape index (κ2) is 7.55. The Hall–Kier alpha value is -2.67. The van der Waals surface area contributed by atoms with Crippen molar-refractivity contribution in [1.82, 2.24) is 15.3 Å². The number of benzene rings is 1. The average Bonchev–Trinajstić information content (AvgIpc) is 2.97. The summed E-state index contributed by atoms with van der Waals surface area (Å²) in [6.07, 6.45) is 2.55. The van der Waals surface area contributed by atoms with Gasteiger partial charge in [0.1, 0.15) is 5.82 Å². The van der Waals surface area contributed by atoms with E-state index in [0.29, 0.717) is 11.7 Å². The molecule has 118 valence electrons. The number of nitrogens with zero attached hydrogens (tertiary/aromatic N) is 2. The van der Waals surface area contributed by atoms with Crippen LogP contribution in [-0.2, 0) is 0 Å². The number of carbonyl (C=O) groups excluding carboxylic acids is 1. The maximum Gasteiger partial charge on any atom is 0.321 e. The summed E-state index contributed by atoms with van der Waals surface area (Å²) in [6.45, 7) is 1.33. The molecular weight excluding hydrogens is 310 g/mol. The zero-order chi connectivity index (χ0) is 15.9. The van der Waals surface area contributed by atoms with Crippen LogP contribution in [0.2, 0.25) is 0 Å². The number of hydrogen-bond acceptors (Lipinski definition) is 5. The molecule has 6 nitrogen and oxygen atoms in total. The summed E-state index contributed by atoms with van der Waals surface area (Å²) in [7, 11) is 0. The number of anilines is 2. The fourth-order valence-corrected chi connectivity index (χ4v) is 2.90. The molecule has 0 unspecified atom stereocenters. The third-order valence-electron chi connectivity index (χ3n) is 3.12. The number of amides is 2. The Morgan fingerprint density at radius 3 is 2.78 bits per heavy atom. The molecule has 7 heteroatoms. The first kappa shape index (κ1) is 15.2. The van der Waals surface area contributed by atoms with Gasteiger partial charge in [-0.1, -0.05) is 29.5 Å². The summed E-state index contributed by atoms with van der Waals surface area (Å²) in [5.74, 6) is 0.839. The van der Waals surface area contributed by atoms with E-state index in [0.717, 1.165) is 29.0 Å². The van der Waals surface area contributed by atoms with Gasteiger partial charge >= 0.3 is 6.03 Å². The smallest absolute Gasteiger partial charge is 0.321 e. The molecule has 0 radical (unpaired) electrons. The van der Waals surface area contributed by atoms with Crippen molar-refractivity contribution in [2.75, 3.05) is 23.7 Å². The summed E-state index contributed by atoms with van der Waals surface area (Å²) >= 11 is 1.46. The van der Waals surface area contributed by atoms with Crippen LogP contribution < -0.4 is 16.0 Å². The van der Waals surface area contributed by atoms with E-state index in [1.807, 2.05) is 42.5 Å². The van der Waals surface area contributed by atoms with Gasteiger partial charge in [-0.3, -0.25) is 5.32 Å². The number of fused-ring (bicyclic) bond motifs is 1. The van der Waals surface area contributed by atoms with Crippen molar-refractivity contribution < 1.29 is 4.79 Å². The van der Waals surface area contributed by atoms with E-state index in [4.69, 9.17) is 0 Å². The van der Waals surface area contributed by atoms with Gasteiger partial charge < -0.3 is 10.6 Å². The highest BCUT2D eigenvalue weighted by atomic mass is 32.1. The highest BCUT2D eigenvalue weighted by Crippen LogP contribution is 2.25. The van der Waals surface area contributed by atoms with E-state index in [-0.39, 0.29) is 6.03 Å². The summed E-state index contributed by atoms with van der Waals surface area (Å²) in [5.41, 5.74) is 0.896. The topological polar surface area (TPSA) is 78.9 Å². The lowest BCUT2D eigenvalue weighted by molar-refractivity contribution is 0.252. The van der Waals surface area contributed by atoms with Crippen LogP contribution in [-0.4, -0.2) is 29.1 Å². The first-order chi connectivity index (χ1) is 11.3. The number of hydrogen-bond donors (Lipinski definition) is 3. The second-order valence-corrected chi connectivity index (χ2v) is 5.89. The van der Waals surface area contributed by atoms with E-state index in [1.54, 1.807) is 6.20 Å². The zero-order valence-corrected chi connectivity index (χ0v) is 13.3. The van der Waals surface area contributed by atoms with Crippen LogP contribution >= 0.6 is 11.3 Å². The Morgan fingerprint density at radius 1 is 1.09 bits per heavy atom. The summed E-state index contributed by atoms with van der Waals surface area (Å²) in [6, 6.07) is 13.3. The monoisotopic (exact) mass is 327 g/mol. The van der Waals surface area contributed by atoms with Gasteiger partial charge in [0.15, 0.2) is 5.13 Å². The Balaban J connectivity index is 1.38. The SMILES string of the molecule is O=C(NCCCNc1ccccn1)Nc1nc2ccccc2s1. The van der Waals surface area contributed by atoms with Crippen LogP contribution in [0.15, 0.2) is 48.7 Å². The number of pyridine rings is 1. The summed E-state index contributed by atoms with van der Waals surface area (Å²) < 4.78 is 1.06. The van der Waals surface area contributed by atoms with Crippen LogP contribution in [0.25, 0.3) is 10.2 Å². The molecule has 0 atom stereocenters. The minimum Gasteiger partial charge on any atom is -0.370 e. The van der Waals surface area contributed by atoms with Crippen LogP contribution in [0.1, 0.15) is 6.42 Å². The van der Waals surface area contributed by atoms with Gasteiger partial charge in [0.05, 0.1) is 10.2 Å². The molecule has 0 spiro atoms.